The second-order valence-corrected chi connectivity index (χ2v) is 4.30. The molecule has 18 heavy (non-hydrogen) atoms. The van der Waals surface area contributed by atoms with E-state index in [4.69, 9.17) is 4.74 Å². The minimum absolute atomic E-state index is 0.0174. The standard InChI is InChI=1S/C13H20N2O3/c1-4-18-13(17)10-6-5-7-14-12(10)15-11(8-16)9(2)3/h5-7,9,11,16H,4,8H2,1-3H3,(H,14,15). The molecule has 1 unspecified atom stereocenters. The van der Waals surface area contributed by atoms with Gasteiger partial charge >= 0.3 is 5.97 Å². The number of anilines is 1. The number of ether oxygens (including phenoxy) is 1. The average Bonchev–Trinajstić information content (AvgIpc) is 2.36. The number of nitrogens with one attached hydrogen (secondary N) is 1. The van der Waals surface area contributed by atoms with E-state index in [1.54, 1.807) is 25.3 Å². The number of carbonyl (C=O) groups excluding carboxylic acids is 1. The van der Waals surface area contributed by atoms with E-state index in [0.29, 0.717) is 18.0 Å². The molecule has 1 aromatic rings. The molecule has 0 saturated heterocycles. The Hall–Kier alpha value is -1.62. The van der Waals surface area contributed by atoms with E-state index >= 15 is 0 Å². The molecule has 1 heterocycles. The maximum Gasteiger partial charge on any atom is 0.341 e. The van der Waals surface area contributed by atoms with Crippen molar-refractivity contribution in [1.82, 2.24) is 4.98 Å². The van der Waals surface area contributed by atoms with Crippen molar-refractivity contribution in [2.45, 2.75) is 26.8 Å². The molecule has 0 aliphatic heterocycles. The molecule has 1 atom stereocenters. The van der Waals surface area contributed by atoms with Crippen LogP contribution in [0.5, 0.6) is 0 Å². The van der Waals surface area contributed by atoms with Crippen LogP contribution in [-0.4, -0.2) is 35.3 Å². The van der Waals surface area contributed by atoms with Gasteiger partial charge in [0.15, 0.2) is 0 Å². The summed E-state index contributed by atoms with van der Waals surface area (Å²) in [6, 6.07) is 3.19. The van der Waals surface area contributed by atoms with Crippen LogP contribution in [-0.2, 0) is 4.74 Å². The third-order valence-corrected chi connectivity index (χ3v) is 2.63. The SMILES string of the molecule is CCOC(=O)c1cccnc1NC(CO)C(C)C. The van der Waals surface area contributed by atoms with Gasteiger partial charge in [-0.15, -0.1) is 0 Å². The summed E-state index contributed by atoms with van der Waals surface area (Å²) in [6.07, 6.45) is 1.60. The fraction of sp³-hybridized carbons (Fsp3) is 0.538. The second-order valence-electron chi connectivity index (χ2n) is 4.30. The molecule has 0 fully saturated rings. The van der Waals surface area contributed by atoms with Crippen molar-refractivity contribution >= 4 is 11.8 Å². The van der Waals surface area contributed by atoms with E-state index in [0.717, 1.165) is 0 Å². The lowest BCUT2D eigenvalue weighted by atomic mass is 10.1. The van der Waals surface area contributed by atoms with Crippen LogP contribution in [0.25, 0.3) is 0 Å². The number of esters is 1. The van der Waals surface area contributed by atoms with Gasteiger partial charge in [0.05, 0.1) is 19.3 Å². The van der Waals surface area contributed by atoms with Gasteiger partial charge in [0.1, 0.15) is 11.4 Å². The van der Waals surface area contributed by atoms with Gasteiger partial charge < -0.3 is 15.2 Å². The number of aromatic nitrogens is 1. The fourth-order valence-corrected chi connectivity index (χ4v) is 1.49. The predicted octanol–water partition coefficient (Wildman–Crippen LogP) is 1.69. The first-order valence-corrected chi connectivity index (χ1v) is 6.09. The maximum absolute atomic E-state index is 11.7. The molecule has 0 bridgehead atoms. The number of hydrogen-bond donors (Lipinski definition) is 2. The molecular formula is C13H20N2O3. The van der Waals surface area contributed by atoms with E-state index in [1.807, 2.05) is 13.8 Å². The Bertz CT molecular complexity index is 394. The van der Waals surface area contributed by atoms with Crippen LogP contribution >= 0.6 is 0 Å². The van der Waals surface area contributed by atoms with Crippen LogP contribution in [0, 0.1) is 5.92 Å². The molecule has 0 aliphatic carbocycles. The minimum atomic E-state index is -0.409. The van der Waals surface area contributed by atoms with Gasteiger partial charge in [-0.05, 0) is 25.0 Å². The van der Waals surface area contributed by atoms with Gasteiger partial charge in [-0.25, -0.2) is 9.78 Å². The minimum Gasteiger partial charge on any atom is -0.462 e. The maximum atomic E-state index is 11.7. The summed E-state index contributed by atoms with van der Waals surface area (Å²) >= 11 is 0. The lowest BCUT2D eigenvalue weighted by Crippen LogP contribution is -2.30. The molecule has 100 valence electrons. The van der Waals surface area contributed by atoms with Gasteiger partial charge in [0, 0.05) is 6.20 Å². The zero-order chi connectivity index (χ0) is 13.5. The quantitative estimate of drug-likeness (QED) is 0.754. The lowest BCUT2D eigenvalue weighted by molar-refractivity contribution is 0.0527. The summed E-state index contributed by atoms with van der Waals surface area (Å²) in [6.45, 7) is 6.03. The number of carbonyl (C=O) groups is 1. The third kappa shape index (κ3) is 3.70. The van der Waals surface area contributed by atoms with E-state index < -0.39 is 5.97 Å². The molecule has 2 N–H and O–H groups in total. The number of nitrogens with zero attached hydrogens (tertiary/aromatic N) is 1. The zero-order valence-corrected chi connectivity index (χ0v) is 11.0. The molecule has 0 spiro atoms. The van der Waals surface area contributed by atoms with Gasteiger partial charge in [-0.1, -0.05) is 13.8 Å². The summed E-state index contributed by atoms with van der Waals surface area (Å²) in [5.41, 5.74) is 0.387. The van der Waals surface area contributed by atoms with Gasteiger partial charge in [0.25, 0.3) is 0 Å². The Morgan fingerprint density at radius 2 is 2.28 bits per heavy atom. The summed E-state index contributed by atoms with van der Waals surface area (Å²) in [5, 5.41) is 12.4. The van der Waals surface area contributed by atoms with Crippen molar-refractivity contribution in [1.29, 1.82) is 0 Å². The molecule has 1 rings (SSSR count). The van der Waals surface area contributed by atoms with E-state index in [1.165, 1.54) is 0 Å². The molecule has 0 amide bonds. The molecule has 0 aliphatic rings. The highest BCUT2D eigenvalue weighted by molar-refractivity contribution is 5.94. The second kappa shape index (κ2) is 6.96. The van der Waals surface area contributed by atoms with E-state index in [-0.39, 0.29) is 18.6 Å². The Labute approximate surface area is 107 Å². The van der Waals surface area contributed by atoms with Crippen LogP contribution < -0.4 is 5.32 Å². The number of pyridine rings is 1. The zero-order valence-electron chi connectivity index (χ0n) is 11.0. The number of rotatable bonds is 6. The van der Waals surface area contributed by atoms with Gasteiger partial charge in [-0.3, -0.25) is 0 Å². The van der Waals surface area contributed by atoms with E-state index in [2.05, 4.69) is 10.3 Å². The number of aliphatic hydroxyl groups excluding tert-OH is 1. The lowest BCUT2D eigenvalue weighted by Gasteiger charge is -2.21. The van der Waals surface area contributed by atoms with Crippen molar-refractivity contribution in [3.05, 3.63) is 23.9 Å². The van der Waals surface area contributed by atoms with Gasteiger partial charge in [-0.2, -0.15) is 0 Å². The molecule has 5 nitrogen and oxygen atoms in total. The van der Waals surface area contributed by atoms with Crippen LogP contribution in [0.1, 0.15) is 31.1 Å². The molecule has 5 heteroatoms. The highest BCUT2D eigenvalue weighted by atomic mass is 16.5. The summed E-state index contributed by atoms with van der Waals surface area (Å²) in [4.78, 5) is 15.9. The molecule has 0 saturated carbocycles. The Morgan fingerprint density at radius 3 is 2.83 bits per heavy atom. The summed E-state index contributed by atoms with van der Waals surface area (Å²) in [7, 11) is 0. The van der Waals surface area contributed by atoms with Crippen molar-refractivity contribution in [3.8, 4) is 0 Å². The van der Waals surface area contributed by atoms with Crippen molar-refractivity contribution in [3.63, 3.8) is 0 Å². The predicted molar refractivity (Wildman–Crippen MR) is 69.5 cm³/mol. The number of aliphatic hydroxyl groups is 1. The topological polar surface area (TPSA) is 71.5 Å². The monoisotopic (exact) mass is 252 g/mol. The largest absolute Gasteiger partial charge is 0.462 e. The smallest absolute Gasteiger partial charge is 0.341 e. The highest BCUT2D eigenvalue weighted by Gasteiger charge is 2.18. The Kier molecular flexibility index (Phi) is 5.58. The molecular weight excluding hydrogens is 232 g/mol. The summed E-state index contributed by atoms with van der Waals surface area (Å²) in [5.74, 6) is 0.268. The Balaban J connectivity index is 2.91. The first-order chi connectivity index (χ1) is 8.60. The van der Waals surface area contributed by atoms with Crippen LogP contribution in [0.3, 0.4) is 0 Å². The van der Waals surface area contributed by atoms with Crippen molar-refractivity contribution < 1.29 is 14.6 Å². The normalized spacial score (nSPS) is 12.3. The first-order valence-electron chi connectivity index (χ1n) is 6.09. The molecule has 0 aromatic carbocycles. The van der Waals surface area contributed by atoms with Crippen molar-refractivity contribution in [2.75, 3.05) is 18.5 Å². The van der Waals surface area contributed by atoms with Gasteiger partial charge in [0.2, 0.25) is 0 Å². The van der Waals surface area contributed by atoms with E-state index in [9.17, 15) is 9.90 Å². The summed E-state index contributed by atoms with van der Waals surface area (Å²) < 4.78 is 4.96. The van der Waals surface area contributed by atoms with Crippen LogP contribution in [0.4, 0.5) is 5.82 Å². The number of hydrogen-bond acceptors (Lipinski definition) is 5. The highest BCUT2D eigenvalue weighted by Crippen LogP contribution is 2.16. The first kappa shape index (κ1) is 14.4. The average molecular weight is 252 g/mol. The van der Waals surface area contributed by atoms with Crippen molar-refractivity contribution in [2.24, 2.45) is 5.92 Å². The third-order valence-electron chi connectivity index (χ3n) is 2.63. The van der Waals surface area contributed by atoms with Crippen LogP contribution in [0.15, 0.2) is 18.3 Å². The molecule has 1 aromatic heterocycles. The molecule has 0 radical (unpaired) electrons. The van der Waals surface area contributed by atoms with Crippen LogP contribution in [0.2, 0.25) is 0 Å². The Morgan fingerprint density at radius 1 is 1.56 bits per heavy atom. The fourth-order valence-electron chi connectivity index (χ4n) is 1.49.